The molecule has 3 aliphatic rings. The van der Waals surface area contributed by atoms with E-state index in [1.807, 2.05) is 27.7 Å². The Balaban J connectivity index is 1.61. The van der Waals surface area contributed by atoms with E-state index >= 15 is 0 Å². The first-order chi connectivity index (χ1) is 22.8. The first-order valence-corrected chi connectivity index (χ1v) is 17.6. The lowest BCUT2D eigenvalue weighted by molar-refractivity contribution is -0.146. The van der Waals surface area contributed by atoms with E-state index in [4.69, 9.17) is 5.73 Å². The molecule has 13 nitrogen and oxygen atoms in total. The van der Waals surface area contributed by atoms with E-state index in [0.717, 1.165) is 57.8 Å². The van der Waals surface area contributed by atoms with E-state index < -0.39 is 64.9 Å². The summed E-state index contributed by atoms with van der Waals surface area (Å²) in [6.45, 7) is 7.72. The Hall–Kier alpha value is -3.90. The van der Waals surface area contributed by atoms with Gasteiger partial charge in [-0.05, 0) is 48.9 Å². The van der Waals surface area contributed by atoms with Crippen LogP contribution in [0.3, 0.4) is 0 Å². The van der Waals surface area contributed by atoms with E-state index in [2.05, 4.69) is 25.9 Å². The Morgan fingerprint density at radius 3 is 2.17 bits per heavy atom. The number of carbonyl (C=O) groups is 6. The van der Waals surface area contributed by atoms with Gasteiger partial charge in [-0.3, -0.25) is 33.8 Å². The normalized spacial score (nSPS) is 22.4. The zero-order valence-corrected chi connectivity index (χ0v) is 28.8. The smallest absolute Gasteiger partial charge is 0.287 e. The maximum absolute atomic E-state index is 14.6. The zero-order chi connectivity index (χ0) is 35.0. The van der Waals surface area contributed by atoms with Gasteiger partial charge in [0.1, 0.15) is 23.8 Å². The Morgan fingerprint density at radius 2 is 1.58 bits per heavy atom. The third-order valence-electron chi connectivity index (χ3n) is 10.3. The molecule has 1 aromatic heterocycles. The molecule has 0 unspecified atom stereocenters. The molecule has 5 atom stereocenters. The number of rotatable bonds is 13. The van der Waals surface area contributed by atoms with E-state index in [9.17, 15) is 28.8 Å². The quantitative estimate of drug-likeness (QED) is 0.230. The monoisotopic (exact) mass is 667 g/mol. The summed E-state index contributed by atoms with van der Waals surface area (Å²) in [4.78, 5) is 89.9. The van der Waals surface area contributed by atoms with Crippen LogP contribution < -0.4 is 21.7 Å². The number of nitrogens with two attached hydrogens (primary N) is 1. The van der Waals surface area contributed by atoms with Gasteiger partial charge in [-0.2, -0.15) is 0 Å². The number of ketones is 1. The maximum atomic E-state index is 14.6. The number of aromatic nitrogens is 2. The lowest BCUT2D eigenvalue weighted by Crippen LogP contribution is -2.62. The minimum absolute atomic E-state index is 0.0922. The van der Waals surface area contributed by atoms with Gasteiger partial charge >= 0.3 is 0 Å². The van der Waals surface area contributed by atoms with Crippen LogP contribution in [-0.4, -0.2) is 80.9 Å². The van der Waals surface area contributed by atoms with Crippen molar-refractivity contribution in [3.63, 3.8) is 0 Å². The van der Waals surface area contributed by atoms with Crippen molar-refractivity contribution in [3.05, 3.63) is 24.3 Å². The van der Waals surface area contributed by atoms with Gasteiger partial charge in [0, 0.05) is 18.9 Å². The Morgan fingerprint density at radius 1 is 0.917 bits per heavy atom. The third kappa shape index (κ3) is 8.96. The topological polar surface area (TPSA) is 194 Å². The van der Waals surface area contributed by atoms with Crippen LogP contribution >= 0.6 is 0 Å². The van der Waals surface area contributed by atoms with E-state index in [-0.39, 0.29) is 29.9 Å². The van der Waals surface area contributed by atoms with Gasteiger partial charge < -0.3 is 26.6 Å². The summed E-state index contributed by atoms with van der Waals surface area (Å²) < 4.78 is 0. The van der Waals surface area contributed by atoms with Gasteiger partial charge in [0.25, 0.3) is 11.8 Å². The van der Waals surface area contributed by atoms with Crippen LogP contribution in [0.15, 0.2) is 18.6 Å². The molecule has 0 bridgehead atoms. The minimum atomic E-state index is -1.12. The first-order valence-electron chi connectivity index (χ1n) is 17.6. The highest BCUT2D eigenvalue weighted by atomic mass is 16.2. The van der Waals surface area contributed by atoms with Gasteiger partial charge in [-0.1, -0.05) is 79.1 Å². The van der Waals surface area contributed by atoms with Crippen LogP contribution in [0.2, 0.25) is 0 Å². The van der Waals surface area contributed by atoms with E-state index in [1.165, 1.54) is 18.6 Å². The fraction of sp³-hybridized carbons (Fsp3) is 0.714. The highest BCUT2D eigenvalue weighted by Gasteiger charge is 2.49. The van der Waals surface area contributed by atoms with Crippen molar-refractivity contribution in [1.82, 2.24) is 30.8 Å². The number of hydrogen-bond acceptors (Lipinski definition) is 8. The molecule has 5 amide bonds. The standard InChI is InChI=1S/C35H53N7O6/c1-5-11-24(28(43)30(36)44)39-33(47)27-23(21-12-9-10-13-21)16-19-42(27)34(48)29(35(2,3)4)41-32(46)26(22-14-7-6-8-15-22)40-31(45)25-20-37-17-18-38-25/h17-18,20-24,26-27,29H,5-16,19H2,1-4H3,(H2,36,44)(H,39,47)(H,40,45)(H,41,46)/t23-,24+,26+,27+,29-/m1/s1. The minimum Gasteiger partial charge on any atom is -0.363 e. The largest absolute Gasteiger partial charge is 0.363 e. The molecule has 264 valence electrons. The summed E-state index contributed by atoms with van der Waals surface area (Å²) in [5.74, 6) is -3.85. The highest BCUT2D eigenvalue weighted by molar-refractivity contribution is 6.37. The molecule has 1 aliphatic heterocycles. The number of carbonyl (C=O) groups excluding carboxylic acids is 6. The molecule has 1 aromatic rings. The molecule has 0 radical (unpaired) electrons. The van der Waals surface area contributed by atoms with Crippen molar-refractivity contribution < 1.29 is 28.8 Å². The summed E-state index contributed by atoms with van der Waals surface area (Å²) in [6, 6.07) is -3.85. The molecule has 13 heteroatoms. The van der Waals surface area contributed by atoms with Crippen molar-refractivity contribution in [2.24, 2.45) is 28.9 Å². The summed E-state index contributed by atoms with van der Waals surface area (Å²) in [7, 11) is 0. The summed E-state index contributed by atoms with van der Waals surface area (Å²) >= 11 is 0. The molecule has 3 fully saturated rings. The van der Waals surface area contributed by atoms with Crippen LogP contribution in [0.4, 0.5) is 0 Å². The van der Waals surface area contributed by atoms with Gasteiger partial charge in [0.15, 0.2) is 0 Å². The molecule has 4 rings (SSSR count). The van der Waals surface area contributed by atoms with E-state index in [0.29, 0.717) is 19.4 Å². The van der Waals surface area contributed by atoms with Crippen molar-refractivity contribution in [1.29, 1.82) is 0 Å². The maximum Gasteiger partial charge on any atom is 0.287 e. The average Bonchev–Trinajstić information content (AvgIpc) is 3.76. The number of nitrogens with one attached hydrogen (secondary N) is 3. The highest BCUT2D eigenvalue weighted by Crippen LogP contribution is 2.41. The molecule has 2 aliphatic carbocycles. The third-order valence-corrected chi connectivity index (χ3v) is 10.3. The number of nitrogens with zero attached hydrogens (tertiary/aromatic N) is 3. The van der Waals surface area contributed by atoms with Gasteiger partial charge in [-0.25, -0.2) is 4.98 Å². The van der Waals surface area contributed by atoms with Crippen molar-refractivity contribution in [2.45, 2.75) is 129 Å². The second-order valence-electron chi connectivity index (χ2n) is 14.8. The van der Waals surface area contributed by atoms with Crippen LogP contribution in [-0.2, 0) is 24.0 Å². The van der Waals surface area contributed by atoms with E-state index in [1.54, 1.807) is 4.90 Å². The second kappa shape index (κ2) is 16.5. The summed E-state index contributed by atoms with van der Waals surface area (Å²) in [6.07, 6.45) is 14.0. The first kappa shape index (κ1) is 36.9. The van der Waals surface area contributed by atoms with Crippen molar-refractivity contribution in [2.75, 3.05) is 6.54 Å². The molecular weight excluding hydrogens is 614 g/mol. The molecule has 0 aromatic carbocycles. The number of likely N-dealkylation sites (tertiary alicyclic amines) is 1. The molecule has 5 N–H and O–H groups in total. The number of amides is 5. The predicted octanol–water partition coefficient (Wildman–Crippen LogP) is 2.43. The van der Waals surface area contributed by atoms with Crippen LogP contribution in [0.5, 0.6) is 0 Å². The van der Waals surface area contributed by atoms with Gasteiger partial charge in [0.2, 0.25) is 23.5 Å². The van der Waals surface area contributed by atoms with Crippen LogP contribution in [0.25, 0.3) is 0 Å². The Labute approximate surface area is 283 Å². The van der Waals surface area contributed by atoms with Crippen LogP contribution in [0, 0.1) is 23.2 Å². The zero-order valence-electron chi connectivity index (χ0n) is 28.8. The average molecular weight is 668 g/mol. The molecule has 2 saturated carbocycles. The summed E-state index contributed by atoms with van der Waals surface area (Å²) in [5.41, 5.74) is 4.64. The van der Waals surface area contributed by atoms with Gasteiger partial charge in [-0.15, -0.1) is 0 Å². The molecule has 48 heavy (non-hydrogen) atoms. The summed E-state index contributed by atoms with van der Waals surface area (Å²) in [5, 5.41) is 8.65. The molecule has 2 heterocycles. The Kier molecular flexibility index (Phi) is 12.7. The fourth-order valence-electron chi connectivity index (χ4n) is 7.81. The molecule has 1 saturated heterocycles. The molecular formula is C35H53N7O6. The van der Waals surface area contributed by atoms with Crippen molar-refractivity contribution >= 4 is 35.3 Å². The number of hydrogen-bond donors (Lipinski definition) is 4. The van der Waals surface area contributed by atoms with Crippen LogP contribution in [0.1, 0.15) is 115 Å². The van der Waals surface area contributed by atoms with Crippen molar-refractivity contribution in [3.8, 4) is 0 Å². The SMILES string of the molecule is CCC[C@H](NC(=O)[C@@H]1[C@@H](C2CCCC2)CCN1C(=O)[C@@H](NC(=O)[C@@H](NC(=O)c1cnccn1)C1CCCCC1)C(C)(C)C)C(=O)C(N)=O. The number of primary amides is 1. The second-order valence-corrected chi connectivity index (χ2v) is 14.8. The lowest BCUT2D eigenvalue weighted by Gasteiger charge is -2.38. The molecule has 0 spiro atoms. The lowest BCUT2D eigenvalue weighted by atomic mass is 9.81. The fourth-order valence-corrected chi connectivity index (χ4v) is 7.81. The van der Waals surface area contributed by atoms with Gasteiger partial charge in [0.05, 0.1) is 12.2 Å². The predicted molar refractivity (Wildman–Crippen MR) is 178 cm³/mol. The number of Topliss-reactive ketones (excluding diaryl/α,β-unsaturated/α-hetero) is 1. The Bertz CT molecular complexity index is 1320.